The minimum Gasteiger partial charge on any atom is -0.369 e. The number of hydrogen-bond donors (Lipinski definition) is 0. The van der Waals surface area contributed by atoms with E-state index < -0.39 is 0 Å². The van der Waals surface area contributed by atoms with Gasteiger partial charge >= 0.3 is 0 Å². The molecule has 2 bridgehead atoms. The molecule has 4 aliphatic rings. The van der Waals surface area contributed by atoms with Crippen molar-refractivity contribution in [2.45, 2.75) is 44.3 Å². The van der Waals surface area contributed by atoms with Crippen molar-refractivity contribution in [3.8, 4) is 0 Å². The van der Waals surface area contributed by atoms with E-state index in [1.807, 2.05) is 0 Å². The molecule has 1 heterocycles. The molecule has 1 nitrogen and oxygen atoms in total. The Morgan fingerprint density at radius 1 is 0.750 bits per heavy atom. The van der Waals surface area contributed by atoms with Gasteiger partial charge in [-0.25, -0.2) is 0 Å². The summed E-state index contributed by atoms with van der Waals surface area (Å²) in [6.45, 7) is 0. The van der Waals surface area contributed by atoms with E-state index in [0.717, 1.165) is 35.9 Å². The molecule has 0 amide bonds. The second kappa shape index (κ2) is 1.89. The van der Waals surface area contributed by atoms with Gasteiger partial charge in [-0.15, -0.1) is 0 Å². The molecular weight excluding hydrogens is 148 g/mol. The Labute approximate surface area is 73.5 Å². The van der Waals surface area contributed by atoms with Crippen molar-refractivity contribution in [2.24, 2.45) is 23.7 Å². The quantitative estimate of drug-likeness (QED) is 0.500. The van der Waals surface area contributed by atoms with E-state index in [-0.39, 0.29) is 0 Å². The molecule has 0 radical (unpaired) electrons. The fourth-order valence-electron chi connectivity index (χ4n) is 4.50. The topological polar surface area (TPSA) is 12.5 Å². The summed E-state index contributed by atoms with van der Waals surface area (Å²) < 4.78 is 5.73. The van der Waals surface area contributed by atoms with E-state index in [4.69, 9.17) is 4.74 Å². The molecule has 4 fully saturated rings. The highest BCUT2D eigenvalue weighted by molar-refractivity contribution is 5.14. The summed E-state index contributed by atoms with van der Waals surface area (Å²) in [6, 6.07) is 0. The summed E-state index contributed by atoms with van der Waals surface area (Å²) in [7, 11) is 0. The van der Waals surface area contributed by atoms with E-state index in [1.54, 1.807) is 0 Å². The highest BCUT2D eigenvalue weighted by atomic mass is 16.6. The molecule has 3 aliphatic carbocycles. The molecule has 5 unspecified atom stereocenters. The Balaban J connectivity index is 1.71. The van der Waals surface area contributed by atoms with Crippen LogP contribution in [0.3, 0.4) is 0 Å². The maximum atomic E-state index is 5.73. The maximum Gasteiger partial charge on any atom is 0.0875 e. The standard InChI is InChI=1S/C11H16O/c1-2-4-7-6(3-1)8-5-9(7)11-10(8)12-11/h6-11H,1-5H2/t6?,7?,8?,9?,10-,11?/m0/s1. The lowest BCUT2D eigenvalue weighted by atomic mass is 9.71. The van der Waals surface area contributed by atoms with Crippen LogP contribution in [0.2, 0.25) is 0 Å². The fraction of sp³-hybridized carbons (Fsp3) is 1.00. The van der Waals surface area contributed by atoms with Crippen molar-refractivity contribution in [2.75, 3.05) is 0 Å². The van der Waals surface area contributed by atoms with Crippen LogP contribution in [-0.4, -0.2) is 12.2 Å². The van der Waals surface area contributed by atoms with E-state index in [2.05, 4.69) is 0 Å². The molecule has 0 aromatic rings. The SMILES string of the molecule is C1CCC2C(C1)C1CC2[C@@H]2OC12. The Morgan fingerprint density at radius 2 is 1.33 bits per heavy atom. The van der Waals surface area contributed by atoms with Crippen molar-refractivity contribution in [1.29, 1.82) is 0 Å². The molecule has 0 aromatic carbocycles. The highest BCUT2D eigenvalue weighted by Crippen LogP contribution is 2.64. The molecule has 3 saturated carbocycles. The molecule has 0 spiro atoms. The van der Waals surface area contributed by atoms with Crippen molar-refractivity contribution in [3.63, 3.8) is 0 Å². The first-order valence-electron chi connectivity index (χ1n) is 5.60. The number of fused-ring (bicyclic) bond motifs is 8. The summed E-state index contributed by atoms with van der Waals surface area (Å²) in [6.07, 6.45) is 9.08. The molecule has 0 aromatic heterocycles. The zero-order chi connectivity index (χ0) is 7.71. The Kier molecular flexibility index (Phi) is 1.01. The van der Waals surface area contributed by atoms with Gasteiger partial charge in [0.2, 0.25) is 0 Å². The third-order valence-corrected chi connectivity index (χ3v) is 4.92. The Bertz CT molecular complexity index is 203. The molecule has 1 saturated heterocycles. The Hall–Kier alpha value is -0.0400. The van der Waals surface area contributed by atoms with Gasteiger partial charge in [-0.3, -0.25) is 0 Å². The molecule has 0 N–H and O–H groups in total. The normalized spacial score (nSPS) is 66.0. The second-order valence-corrected chi connectivity index (χ2v) is 5.24. The van der Waals surface area contributed by atoms with Gasteiger partial charge < -0.3 is 4.74 Å². The predicted molar refractivity (Wildman–Crippen MR) is 45.7 cm³/mol. The van der Waals surface area contributed by atoms with Crippen LogP contribution in [0.4, 0.5) is 0 Å². The van der Waals surface area contributed by atoms with Gasteiger partial charge in [-0.05, 0) is 42.9 Å². The van der Waals surface area contributed by atoms with Gasteiger partial charge in [0.1, 0.15) is 0 Å². The zero-order valence-electron chi connectivity index (χ0n) is 7.41. The number of ether oxygens (including phenoxy) is 1. The van der Waals surface area contributed by atoms with Crippen LogP contribution in [0.25, 0.3) is 0 Å². The first kappa shape index (κ1) is 6.42. The van der Waals surface area contributed by atoms with Crippen molar-refractivity contribution in [1.82, 2.24) is 0 Å². The van der Waals surface area contributed by atoms with Crippen LogP contribution in [0.15, 0.2) is 0 Å². The summed E-state index contributed by atoms with van der Waals surface area (Å²) in [5, 5.41) is 0. The van der Waals surface area contributed by atoms with Gasteiger partial charge in [0.05, 0.1) is 12.2 Å². The van der Waals surface area contributed by atoms with Crippen molar-refractivity contribution >= 4 is 0 Å². The van der Waals surface area contributed by atoms with Crippen molar-refractivity contribution < 1.29 is 4.74 Å². The van der Waals surface area contributed by atoms with Crippen LogP contribution in [0.5, 0.6) is 0 Å². The fourth-order valence-corrected chi connectivity index (χ4v) is 4.50. The summed E-state index contributed by atoms with van der Waals surface area (Å²) in [5.74, 6) is 4.19. The zero-order valence-corrected chi connectivity index (χ0v) is 7.41. The van der Waals surface area contributed by atoms with E-state index in [9.17, 15) is 0 Å². The number of hydrogen-bond acceptors (Lipinski definition) is 1. The van der Waals surface area contributed by atoms with Crippen molar-refractivity contribution in [3.05, 3.63) is 0 Å². The average Bonchev–Trinajstić information content (AvgIpc) is 2.74. The van der Waals surface area contributed by atoms with Gasteiger partial charge in [0.15, 0.2) is 0 Å². The lowest BCUT2D eigenvalue weighted by Crippen LogP contribution is -2.30. The van der Waals surface area contributed by atoms with E-state index in [1.165, 1.54) is 32.1 Å². The lowest BCUT2D eigenvalue weighted by Gasteiger charge is -2.32. The summed E-state index contributed by atoms with van der Waals surface area (Å²) in [4.78, 5) is 0. The number of epoxide rings is 1. The summed E-state index contributed by atoms with van der Waals surface area (Å²) >= 11 is 0. The molecule has 66 valence electrons. The molecular formula is C11H16O. The smallest absolute Gasteiger partial charge is 0.0875 e. The third-order valence-electron chi connectivity index (χ3n) is 4.92. The van der Waals surface area contributed by atoms with Gasteiger partial charge in [-0.1, -0.05) is 12.8 Å². The third kappa shape index (κ3) is 0.585. The summed E-state index contributed by atoms with van der Waals surface area (Å²) in [5.41, 5.74) is 0. The molecule has 1 aliphatic heterocycles. The average molecular weight is 164 g/mol. The molecule has 4 rings (SSSR count). The van der Waals surface area contributed by atoms with Gasteiger partial charge in [0.25, 0.3) is 0 Å². The largest absolute Gasteiger partial charge is 0.369 e. The van der Waals surface area contributed by atoms with Crippen LogP contribution >= 0.6 is 0 Å². The minimum absolute atomic E-state index is 0.745. The maximum absolute atomic E-state index is 5.73. The van der Waals surface area contributed by atoms with Crippen LogP contribution in [0.1, 0.15) is 32.1 Å². The van der Waals surface area contributed by atoms with Gasteiger partial charge in [-0.2, -0.15) is 0 Å². The first-order valence-corrected chi connectivity index (χ1v) is 5.60. The second-order valence-electron chi connectivity index (χ2n) is 5.24. The van der Waals surface area contributed by atoms with E-state index >= 15 is 0 Å². The molecule has 1 heteroatoms. The highest BCUT2D eigenvalue weighted by Gasteiger charge is 2.66. The predicted octanol–water partition coefficient (Wildman–Crippen LogP) is 2.21. The Morgan fingerprint density at radius 3 is 1.92 bits per heavy atom. The lowest BCUT2D eigenvalue weighted by molar-refractivity contribution is 0.178. The monoisotopic (exact) mass is 164 g/mol. The minimum atomic E-state index is 0.745. The number of rotatable bonds is 0. The van der Waals surface area contributed by atoms with Crippen LogP contribution in [-0.2, 0) is 4.74 Å². The van der Waals surface area contributed by atoms with Crippen LogP contribution < -0.4 is 0 Å². The molecule has 12 heavy (non-hydrogen) atoms. The van der Waals surface area contributed by atoms with Crippen LogP contribution in [0, 0.1) is 23.7 Å². The molecule has 6 atom stereocenters. The first-order chi connectivity index (χ1) is 5.95. The van der Waals surface area contributed by atoms with E-state index in [0.29, 0.717) is 0 Å². The van der Waals surface area contributed by atoms with Gasteiger partial charge in [0, 0.05) is 0 Å².